The van der Waals surface area contributed by atoms with Gasteiger partial charge in [-0.3, -0.25) is 0 Å². The van der Waals surface area contributed by atoms with Gasteiger partial charge in [-0.25, -0.2) is 8.42 Å². The Hall–Kier alpha value is -1.61. The SMILES string of the molecule is O=S1(=O)C=C(c2ccc3ccccc3c2)C1. The Morgan fingerprint density at radius 3 is 2.31 bits per heavy atom. The summed E-state index contributed by atoms with van der Waals surface area (Å²) in [5.74, 6) is 0.172. The van der Waals surface area contributed by atoms with E-state index in [1.807, 2.05) is 42.5 Å². The van der Waals surface area contributed by atoms with Crippen LogP contribution in [0.5, 0.6) is 0 Å². The zero-order valence-electron chi connectivity index (χ0n) is 8.55. The lowest BCUT2D eigenvalue weighted by molar-refractivity contribution is 0.605. The lowest BCUT2D eigenvalue weighted by atomic mass is 10.0. The third-order valence-corrected chi connectivity index (χ3v) is 4.16. The fourth-order valence-electron chi connectivity index (χ4n) is 1.95. The van der Waals surface area contributed by atoms with Gasteiger partial charge in [-0.1, -0.05) is 36.4 Å². The van der Waals surface area contributed by atoms with Crippen LogP contribution in [-0.4, -0.2) is 14.2 Å². The molecular weight excluding hydrogens is 220 g/mol. The van der Waals surface area contributed by atoms with Crippen molar-refractivity contribution in [1.29, 1.82) is 0 Å². The molecule has 0 bridgehead atoms. The first-order valence-electron chi connectivity index (χ1n) is 5.07. The number of rotatable bonds is 1. The van der Waals surface area contributed by atoms with Gasteiger partial charge in [0.15, 0.2) is 9.84 Å². The van der Waals surface area contributed by atoms with Crippen molar-refractivity contribution in [3.8, 4) is 0 Å². The second-order valence-corrected chi connectivity index (χ2v) is 5.86. The van der Waals surface area contributed by atoms with Crippen molar-refractivity contribution in [2.75, 3.05) is 5.75 Å². The molecule has 16 heavy (non-hydrogen) atoms. The van der Waals surface area contributed by atoms with Crippen LogP contribution in [0.15, 0.2) is 47.9 Å². The summed E-state index contributed by atoms with van der Waals surface area (Å²) in [5.41, 5.74) is 1.92. The largest absolute Gasteiger partial charge is 0.224 e. The second-order valence-electron chi connectivity index (χ2n) is 4.01. The van der Waals surface area contributed by atoms with E-state index in [4.69, 9.17) is 0 Å². The van der Waals surface area contributed by atoms with Crippen molar-refractivity contribution in [2.45, 2.75) is 0 Å². The lowest BCUT2D eigenvalue weighted by Crippen LogP contribution is -2.15. The van der Waals surface area contributed by atoms with Gasteiger partial charge in [-0.2, -0.15) is 0 Å². The maximum Gasteiger partial charge on any atom is 0.176 e. The quantitative estimate of drug-likeness (QED) is 0.754. The van der Waals surface area contributed by atoms with Crippen LogP contribution in [0.1, 0.15) is 5.56 Å². The van der Waals surface area contributed by atoms with E-state index < -0.39 is 9.84 Å². The number of fused-ring (bicyclic) bond motifs is 1. The molecular formula is C13H10O2S. The van der Waals surface area contributed by atoms with E-state index in [1.165, 1.54) is 10.8 Å². The van der Waals surface area contributed by atoms with Crippen LogP contribution in [0.4, 0.5) is 0 Å². The predicted octanol–water partition coefficient (Wildman–Crippen LogP) is 2.61. The standard InChI is InChI=1S/C13H10O2S/c14-16(15)8-13(9-16)12-6-5-10-3-1-2-4-11(10)7-12/h1-8H,9H2. The summed E-state index contributed by atoms with van der Waals surface area (Å²) in [7, 11) is -2.89. The molecule has 0 unspecified atom stereocenters. The molecule has 0 saturated carbocycles. The molecule has 0 aromatic heterocycles. The van der Waals surface area contributed by atoms with Crippen molar-refractivity contribution in [2.24, 2.45) is 0 Å². The van der Waals surface area contributed by atoms with Crippen LogP contribution in [-0.2, 0) is 9.84 Å². The van der Waals surface area contributed by atoms with Crippen LogP contribution in [0.2, 0.25) is 0 Å². The molecule has 0 N–H and O–H groups in total. The van der Waals surface area contributed by atoms with Crippen LogP contribution in [0.3, 0.4) is 0 Å². The molecule has 0 radical (unpaired) electrons. The smallest absolute Gasteiger partial charge is 0.176 e. The molecule has 2 aromatic carbocycles. The fourth-order valence-corrected chi connectivity index (χ4v) is 3.07. The molecule has 1 aliphatic heterocycles. The average Bonchev–Trinajstić information content (AvgIpc) is 2.25. The summed E-state index contributed by atoms with van der Waals surface area (Å²) in [6.45, 7) is 0. The van der Waals surface area contributed by atoms with Crippen molar-refractivity contribution >= 4 is 26.2 Å². The Labute approximate surface area is 94.1 Å². The van der Waals surface area contributed by atoms with Gasteiger partial charge in [0, 0.05) is 5.41 Å². The highest BCUT2D eigenvalue weighted by Crippen LogP contribution is 2.28. The molecule has 2 aromatic rings. The van der Waals surface area contributed by atoms with Crippen LogP contribution in [0.25, 0.3) is 16.3 Å². The van der Waals surface area contributed by atoms with Crippen molar-refractivity contribution < 1.29 is 8.42 Å². The van der Waals surface area contributed by atoms with Crippen molar-refractivity contribution in [3.05, 3.63) is 53.4 Å². The Morgan fingerprint density at radius 2 is 1.62 bits per heavy atom. The maximum atomic E-state index is 11.1. The van der Waals surface area contributed by atoms with E-state index in [0.717, 1.165) is 16.5 Å². The average molecular weight is 230 g/mol. The molecule has 3 heteroatoms. The topological polar surface area (TPSA) is 34.1 Å². The zero-order valence-corrected chi connectivity index (χ0v) is 9.37. The minimum atomic E-state index is -2.89. The zero-order chi connectivity index (χ0) is 11.2. The second kappa shape index (κ2) is 3.19. The predicted molar refractivity (Wildman–Crippen MR) is 65.7 cm³/mol. The molecule has 0 fully saturated rings. The molecule has 3 rings (SSSR count). The Bertz CT molecular complexity index is 697. The lowest BCUT2D eigenvalue weighted by Gasteiger charge is -2.15. The Morgan fingerprint density at radius 1 is 0.938 bits per heavy atom. The fraction of sp³-hybridized carbons (Fsp3) is 0.0769. The molecule has 0 atom stereocenters. The molecule has 0 amide bonds. The normalized spacial score (nSPS) is 17.9. The summed E-state index contributed by atoms with van der Waals surface area (Å²) in [5, 5.41) is 3.68. The minimum absolute atomic E-state index is 0.172. The number of hydrogen-bond acceptors (Lipinski definition) is 2. The first-order valence-corrected chi connectivity index (χ1v) is 6.78. The van der Waals surface area contributed by atoms with E-state index in [0.29, 0.717) is 0 Å². The first kappa shape index (κ1) is 9.60. The number of hydrogen-bond donors (Lipinski definition) is 0. The van der Waals surface area contributed by atoms with Crippen LogP contribution < -0.4 is 0 Å². The molecule has 1 aliphatic rings. The molecule has 0 saturated heterocycles. The maximum absolute atomic E-state index is 11.1. The number of sulfone groups is 1. The van der Waals surface area contributed by atoms with Crippen LogP contribution >= 0.6 is 0 Å². The highest BCUT2D eigenvalue weighted by atomic mass is 32.2. The summed E-state index contributed by atoms with van der Waals surface area (Å²) in [6, 6.07) is 14.1. The van der Waals surface area contributed by atoms with E-state index in [2.05, 4.69) is 0 Å². The highest BCUT2D eigenvalue weighted by molar-refractivity contribution is 7.96. The molecule has 80 valence electrons. The molecule has 1 heterocycles. The van der Waals surface area contributed by atoms with Gasteiger partial charge in [0.1, 0.15) is 0 Å². The van der Waals surface area contributed by atoms with E-state index in [9.17, 15) is 8.42 Å². The molecule has 0 aliphatic carbocycles. The van der Waals surface area contributed by atoms with Crippen molar-refractivity contribution in [1.82, 2.24) is 0 Å². The summed E-state index contributed by atoms with van der Waals surface area (Å²) < 4.78 is 22.1. The Kier molecular flexibility index (Phi) is 1.91. The van der Waals surface area contributed by atoms with Gasteiger partial charge in [0.25, 0.3) is 0 Å². The highest BCUT2D eigenvalue weighted by Gasteiger charge is 2.23. The van der Waals surface area contributed by atoms with Crippen molar-refractivity contribution in [3.63, 3.8) is 0 Å². The summed E-state index contributed by atoms with van der Waals surface area (Å²) in [4.78, 5) is 0. The van der Waals surface area contributed by atoms with E-state index >= 15 is 0 Å². The van der Waals surface area contributed by atoms with Gasteiger partial charge in [0.05, 0.1) is 5.75 Å². The minimum Gasteiger partial charge on any atom is -0.224 e. The first-order chi connectivity index (χ1) is 7.64. The van der Waals surface area contributed by atoms with Gasteiger partial charge >= 0.3 is 0 Å². The Balaban J connectivity index is 2.14. The van der Waals surface area contributed by atoms with E-state index in [1.54, 1.807) is 0 Å². The third-order valence-electron chi connectivity index (χ3n) is 2.80. The van der Waals surface area contributed by atoms with Gasteiger partial charge in [-0.15, -0.1) is 0 Å². The summed E-state index contributed by atoms with van der Waals surface area (Å²) >= 11 is 0. The van der Waals surface area contributed by atoms with Crippen LogP contribution in [0, 0.1) is 0 Å². The van der Waals surface area contributed by atoms with E-state index in [-0.39, 0.29) is 5.75 Å². The van der Waals surface area contributed by atoms with Gasteiger partial charge < -0.3 is 0 Å². The molecule has 0 spiro atoms. The monoisotopic (exact) mass is 230 g/mol. The number of benzene rings is 2. The third kappa shape index (κ3) is 1.53. The van der Waals surface area contributed by atoms with Gasteiger partial charge in [-0.05, 0) is 28.0 Å². The summed E-state index contributed by atoms with van der Waals surface area (Å²) in [6.07, 6.45) is 0. The van der Waals surface area contributed by atoms with Gasteiger partial charge in [0.2, 0.25) is 0 Å². The molecule has 2 nitrogen and oxygen atoms in total.